The molecule has 0 aromatic heterocycles. The van der Waals surface area contributed by atoms with Crippen LogP contribution in [0.5, 0.6) is 0 Å². The van der Waals surface area contributed by atoms with E-state index in [2.05, 4.69) is 4.84 Å². The van der Waals surface area contributed by atoms with Crippen LogP contribution in [0.1, 0.15) is 20.7 Å². The summed E-state index contributed by atoms with van der Waals surface area (Å²) in [6.45, 7) is 0. The Balaban J connectivity index is 0.000000273. The maximum absolute atomic E-state index is 13.3. The number of hydrogen-bond donors (Lipinski definition) is 0. The summed E-state index contributed by atoms with van der Waals surface area (Å²) in [4.78, 5) is 26.3. The van der Waals surface area contributed by atoms with Crippen LogP contribution in [0.3, 0.4) is 0 Å². The number of aldehydes is 1. The van der Waals surface area contributed by atoms with Crippen LogP contribution in [0.4, 0.5) is 8.78 Å². The number of hydroxylamine groups is 2. The number of carbonyl (C=O) groups is 2. The van der Waals surface area contributed by atoms with E-state index in [0.717, 1.165) is 23.3 Å². The summed E-state index contributed by atoms with van der Waals surface area (Å²) >= 11 is 22.2. The molecule has 0 N–H and O–H groups in total. The van der Waals surface area contributed by atoms with Gasteiger partial charge in [-0.1, -0.05) is 46.4 Å². The van der Waals surface area contributed by atoms with Crippen molar-refractivity contribution in [1.29, 1.82) is 0 Å². The Morgan fingerprint density at radius 3 is 1.92 bits per heavy atom. The fraction of sp³-hybridized carbons (Fsp3) is 0.125. The molecule has 26 heavy (non-hydrogen) atoms. The van der Waals surface area contributed by atoms with Gasteiger partial charge in [0.2, 0.25) is 0 Å². The molecule has 0 radical (unpaired) electrons. The minimum Gasteiger partial charge on any atom is -0.298 e. The van der Waals surface area contributed by atoms with Crippen molar-refractivity contribution >= 4 is 58.6 Å². The molecule has 0 aliphatic heterocycles. The standard InChI is InChI=1S/C9H8Cl2FNO2.C7H3Cl2FO/c1-13(15-2)9(14)5-3-6(10)7(11)4-8(5)12;8-5-1-4(3-11)7(10)2-6(5)9/h3-4H,1-2H3;1-3H. The van der Waals surface area contributed by atoms with E-state index in [0.29, 0.717) is 6.29 Å². The van der Waals surface area contributed by atoms with Gasteiger partial charge in [-0.3, -0.25) is 14.4 Å². The molecule has 0 fully saturated rings. The summed E-state index contributed by atoms with van der Waals surface area (Å²) in [7, 11) is 2.66. The molecular formula is C16H11Cl4F2NO3. The minimum atomic E-state index is -0.738. The molecule has 2 aromatic rings. The zero-order valence-electron chi connectivity index (χ0n) is 13.3. The van der Waals surface area contributed by atoms with Gasteiger partial charge in [0.1, 0.15) is 11.6 Å². The van der Waals surface area contributed by atoms with Crippen molar-refractivity contribution in [2.45, 2.75) is 0 Å². The zero-order valence-corrected chi connectivity index (χ0v) is 16.4. The number of amides is 1. The van der Waals surface area contributed by atoms with Gasteiger partial charge in [0.05, 0.1) is 38.3 Å². The molecule has 2 aromatic carbocycles. The van der Waals surface area contributed by atoms with Gasteiger partial charge in [0, 0.05) is 7.05 Å². The second kappa shape index (κ2) is 10.0. The van der Waals surface area contributed by atoms with Gasteiger partial charge in [0.15, 0.2) is 6.29 Å². The lowest BCUT2D eigenvalue weighted by atomic mass is 10.2. The van der Waals surface area contributed by atoms with Gasteiger partial charge in [-0.2, -0.15) is 0 Å². The number of benzene rings is 2. The SMILES string of the molecule is CON(C)C(=O)c1cc(Cl)c(Cl)cc1F.O=Cc1cc(Cl)c(Cl)cc1F. The van der Waals surface area contributed by atoms with Crippen LogP contribution >= 0.6 is 46.4 Å². The van der Waals surface area contributed by atoms with E-state index in [9.17, 15) is 18.4 Å². The van der Waals surface area contributed by atoms with E-state index < -0.39 is 17.5 Å². The van der Waals surface area contributed by atoms with E-state index >= 15 is 0 Å². The van der Waals surface area contributed by atoms with E-state index in [1.165, 1.54) is 20.2 Å². The summed E-state index contributed by atoms with van der Waals surface area (Å²) in [5.74, 6) is -2.03. The Kier molecular flexibility index (Phi) is 8.73. The topological polar surface area (TPSA) is 46.6 Å². The number of nitrogens with zero attached hydrogens (tertiary/aromatic N) is 1. The monoisotopic (exact) mass is 443 g/mol. The average molecular weight is 445 g/mol. The van der Waals surface area contributed by atoms with Crippen LogP contribution in [0.2, 0.25) is 20.1 Å². The van der Waals surface area contributed by atoms with Crippen molar-refractivity contribution in [1.82, 2.24) is 5.06 Å². The molecule has 0 unspecified atom stereocenters. The first-order valence-corrected chi connectivity index (χ1v) is 8.20. The molecule has 4 nitrogen and oxygen atoms in total. The molecule has 0 spiro atoms. The fourth-order valence-corrected chi connectivity index (χ4v) is 2.20. The minimum absolute atomic E-state index is 0.0609. The Morgan fingerprint density at radius 2 is 1.42 bits per heavy atom. The molecule has 0 heterocycles. The van der Waals surface area contributed by atoms with Crippen molar-refractivity contribution in [2.24, 2.45) is 0 Å². The molecule has 140 valence electrons. The molecule has 0 aliphatic rings. The lowest BCUT2D eigenvalue weighted by Gasteiger charge is -2.14. The molecule has 0 atom stereocenters. The fourth-order valence-electron chi connectivity index (χ4n) is 1.57. The van der Waals surface area contributed by atoms with Crippen molar-refractivity contribution in [3.05, 3.63) is 67.1 Å². The third-order valence-corrected chi connectivity index (χ3v) is 4.41. The van der Waals surface area contributed by atoms with Gasteiger partial charge < -0.3 is 0 Å². The van der Waals surface area contributed by atoms with Crippen LogP contribution in [0.25, 0.3) is 0 Å². The third kappa shape index (κ3) is 5.79. The van der Waals surface area contributed by atoms with Crippen LogP contribution in [0, 0.1) is 11.6 Å². The Labute approximate surface area is 168 Å². The predicted octanol–water partition coefficient (Wildman–Crippen LogP) is 5.71. The number of carbonyl (C=O) groups excluding carboxylic acids is 2. The maximum Gasteiger partial charge on any atom is 0.280 e. The molecule has 0 aliphatic carbocycles. The highest BCUT2D eigenvalue weighted by molar-refractivity contribution is 6.42. The first-order valence-electron chi connectivity index (χ1n) is 6.68. The van der Waals surface area contributed by atoms with Gasteiger partial charge in [-0.25, -0.2) is 13.8 Å². The van der Waals surface area contributed by atoms with E-state index in [1.54, 1.807) is 0 Å². The molecule has 2 rings (SSSR count). The lowest BCUT2D eigenvalue weighted by molar-refractivity contribution is -0.0759. The first kappa shape index (κ1) is 22.6. The summed E-state index contributed by atoms with van der Waals surface area (Å²) in [6.07, 6.45) is 0.386. The second-order valence-electron chi connectivity index (χ2n) is 4.64. The van der Waals surface area contributed by atoms with Gasteiger partial charge in [-0.05, 0) is 24.3 Å². The number of hydrogen-bond acceptors (Lipinski definition) is 3. The highest BCUT2D eigenvalue weighted by atomic mass is 35.5. The largest absolute Gasteiger partial charge is 0.298 e. The van der Waals surface area contributed by atoms with Crippen LogP contribution in [-0.2, 0) is 4.84 Å². The van der Waals surface area contributed by atoms with Crippen LogP contribution < -0.4 is 0 Å². The lowest BCUT2D eigenvalue weighted by Crippen LogP contribution is -2.26. The van der Waals surface area contributed by atoms with Crippen molar-refractivity contribution < 1.29 is 23.2 Å². The van der Waals surface area contributed by atoms with Gasteiger partial charge in [-0.15, -0.1) is 0 Å². The highest BCUT2D eigenvalue weighted by Gasteiger charge is 2.18. The van der Waals surface area contributed by atoms with E-state index in [1.807, 2.05) is 0 Å². The number of rotatable bonds is 3. The highest BCUT2D eigenvalue weighted by Crippen LogP contribution is 2.26. The molecule has 0 saturated heterocycles. The zero-order chi connectivity index (χ0) is 20.0. The van der Waals surface area contributed by atoms with Crippen molar-refractivity contribution in [3.63, 3.8) is 0 Å². The first-order chi connectivity index (χ1) is 12.1. The summed E-state index contributed by atoms with van der Waals surface area (Å²) in [5.41, 5.74) is -0.270. The molecular weight excluding hydrogens is 434 g/mol. The van der Waals surface area contributed by atoms with E-state index in [-0.39, 0.29) is 31.2 Å². The summed E-state index contributed by atoms with van der Waals surface area (Å²) in [6, 6.07) is 4.34. The predicted molar refractivity (Wildman–Crippen MR) is 97.3 cm³/mol. The van der Waals surface area contributed by atoms with Crippen LogP contribution in [0.15, 0.2) is 24.3 Å². The average Bonchev–Trinajstić information content (AvgIpc) is 2.60. The summed E-state index contributed by atoms with van der Waals surface area (Å²) in [5, 5.41) is 1.35. The normalized spacial score (nSPS) is 10.0. The summed E-state index contributed by atoms with van der Waals surface area (Å²) < 4.78 is 26.0. The second-order valence-corrected chi connectivity index (χ2v) is 6.27. The molecule has 1 amide bonds. The van der Waals surface area contributed by atoms with Gasteiger partial charge in [0.25, 0.3) is 5.91 Å². The van der Waals surface area contributed by atoms with Gasteiger partial charge >= 0.3 is 0 Å². The molecule has 0 bridgehead atoms. The smallest absolute Gasteiger partial charge is 0.280 e. The molecule has 10 heteroatoms. The quantitative estimate of drug-likeness (QED) is 0.346. The maximum atomic E-state index is 13.3. The van der Waals surface area contributed by atoms with Crippen LogP contribution in [-0.4, -0.2) is 31.4 Å². The van der Waals surface area contributed by atoms with E-state index in [4.69, 9.17) is 46.4 Å². The van der Waals surface area contributed by atoms with Crippen molar-refractivity contribution in [3.8, 4) is 0 Å². The van der Waals surface area contributed by atoms with Crippen molar-refractivity contribution in [2.75, 3.05) is 14.2 Å². The Bertz CT molecular complexity index is 834. The Hall–Kier alpha value is -1.44. The Morgan fingerprint density at radius 1 is 0.962 bits per heavy atom. The third-order valence-electron chi connectivity index (χ3n) is 2.97. The molecule has 0 saturated carbocycles. The number of halogens is 6.